The number of nitrogens with zero attached hydrogens (tertiary/aromatic N) is 2. The second-order valence-electron chi connectivity index (χ2n) is 4.09. The van der Waals surface area contributed by atoms with Gasteiger partial charge < -0.3 is 10.5 Å². The summed E-state index contributed by atoms with van der Waals surface area (Å²) < 4.78 is 6.80. The van der Waals surface area contributed by atoms with Crippen molar-refractivity contribution in [3.05, 3.63) is 51.8 Å². The molecule has 1 atom stereocenters. The van der Waals surface area contributed by atoms with Gasteiger partial charge in [0.1, 0.15) is 0 Å². The summed E-state index contributed by atoms with van der Waals surface area (Å²) in [6.45, 7) is 1.14. The fourth-order valence-corrected chi connectivity index (χ4v) is 2.42. The number of hydrogen-bond acceptors (Lipinski definition) is 3. The molecule has 2 N–H and O–H groups in total. The van der Waals surface area contributed by atoms with Gasteiger partial charge in [-0.2, -0.15) is 5.10 Å². The minimum Gasteiger partial charge on any atom is -0.383 e. The van der Waals surface area contributed by atoms with E-state index in [1.165, 1.54) is 0 Å². The molecule has 4 nitrogen and oxygen atoms in total. The predicted molar refractivity (Wildman–Crippen MR) is 76.6 cm³/mol. The topological polar surface area (TPSA) is 53.1 Å². The molecule has 0 saturated heterocycles. The maximum atomic E-state index is 6.26. The summed E-state index contributed by atoms with van der Waals surface area (Å²) in [6.07, 6.45) is 1.59. The number of nitrogens with two attached hydrogens (primary N) is 1. The Morgan fingerprint density at radius 1 is 1.32 bits per heavy atom. The highest BCUT2D eigenvalue weighted by atomic mass is 35.5. The van der Waals surface area contributed by atoms with Gasteiger partial charge in [-0.05, 0) is 11.6 Å². The molecule has 0 fully saturated rings. The maximum Gasteiger partial charge on any atom is 0.0837 e. The SMILES string of the molecule is COCCn1ncc(Cl)c1C(N)c1ccccc1Cl. The first kappa shape index (κ1) is 14.3. The van der Waals surface area contributed by atoms with Gasteiger partial charge >= 0.3 is 0 Å². The second-order valence-corrected chi connectivity index (χ2v) is 4.91. The first-order valence-electron chi connectivity index (χ1n) is 5.85. The monoisotopic (exact) mass is 299 g/mol. The van der Waals surface area contributed by atoms with Crippen molar-refractivity contribution in [2.45, 2.75) is 12.6 Å². The molecule has 0 aliphatic carbocycles. The maximum absolute atomic E-state index is 6.26. The van der Waals surface area contributed by atoms with E-state index in [2.05, 4.69) is 5.10 Å². The Hall–Kier alpha value is -1.07. The molecular weight excluding hydrogens is 285 g/mol. The van der Waals surface area contributed by atoms with Crippen molar-refractivity contribution in [3.8, 4) is 0 Å². The lowest BCUT2D eigenvalue weighted by atomic mass is 10.0. The number of methoxy groups -OCH3 is 1. The van der Waals surface area contributed by atoms with E-state index in [0.29, 0.717) is 23.2 Å². The summed E-state index contributed by atoms with van der Waals surface area (Å²) in [5, 5.41) is 5.36. The number of hydrogen-bond donors (Lipinski definition) is 1. The predicted octanol–water partition coefficient (Wildman–Crippen LogP) is 2.88. The molecule has 6 heteroatoms. The number of ether oxygens (including phenoxy) is 1. The van der Waals surface area contributed by atoms with Crippen LogP contribution in [0.1, 0.15) is 17.3 Å². The third kappa shape index (κ3) is 3.09. The molecular formula is C13H15Cl2N3O. The average molecular weight is 300 g/mol. The standard InChI is InChI=1S/C13H15Cl2N3O/c1-19-7-6-18-13(11(15)8-17-18)12(16)9-4-2-3-5-10(9)14/h2-5,8,12H,6-7,16H2,1H3. The first-order valence-corrected chi connectivity index (χ1v) is 6.61. The van der Waals surface area contributed by atoms with Crippen molar-refractivity contribution in [1.82, 2.24) is 9.78 Å². The Kier molecular flexibility index (Phi) is 4.82. The third-order valence-corrected chi connectivity index (χ3v) is 3.51. The van der Waals surface area contributed by atoms with Crippen molar-refractivity contribution in [1.29, 1.82) is 0 Å². The molecule has 19 heavy (non-hydrogen) atoms. The van der Waals surface area contributed by atoms with E-state index in [1.807, 2.05) is 18.2 Å². The molecule has 0 aliphatic heterocycles. The number of aromatic nitrogens is 2. The molecule has 1 aromatic carbocycles. The summed E-state index contributed by atoms with van der Waals surface area (Å²) in [6, 6.07) is 7.03. The van der Waals surface area contributed by atoms with Crippen LogP contribution < -0.4 is 5.73 Å². The van der Waals surface area contributed by atoms with E-state index in [1.54, 1.807) is 24.1 Å². The molecule has 102 valence electrons. The number of halogens is 2. The van der Waals surface area contributed by atoms with Crippen LogP contribution in [0.2, 0.25) is 10.0 Å². The average Bonchev–Trinajstić information content (AvgIpc) is 2.77. The zero-order valence-electron chi connectivity index (χ0n) is 10.5. The molecule has 0 bridgehead atoms. The van der Waals surface area contributed by atoms with Crippen LogP contribution in [-0.2, 0) is 11.3 Å². The van der Waals surface area contributed by atoms with Crippen LogP contribution in [0.4, 0.5) is 0 Å². The zero-order chi connectivity index (χ0) is 13.8. The molecule has 2 aromatic rings. The highest BCUT2D eigenvalue weighted by molar-refractivity contribution is 6.32. The van der Waals surface area contributed by atoms with Crippen LogP contribution in [-0.4, -0.2) is 23.5 Å². The number of rotatable bonds is 5. The minimum absolute atomic E-state index is 0.416. The van der Waals surface area contributed by atoms with E-state index in [0.717, 1.165) is 11.3 Å². The molecule has 2 rings (SSSR count). The Morgan fingerprint density at radius 2 is 2.05 bits per heavy atom. The molecule has 0 radical (unpaired) electrons. The van der Waals surface area contributed by atoms with Crippen molar-refractivity contribution in [3.63, 3.8) is 0 Å². The Bertz CT molecular complexity index is 557. The zero-order valence-corrected chi connectivity index (χ0v) is 12.0. The summed E-state index contributed by atoms with van der Waals surface area (Å²) in [5.74, 6) is 0. The Labute approximate surface area is 122 Å². The smallest absolute Gasteiger partial charge is 0.0837 e. The van der Waals surface area contributed by atoms with E-state index in [4.69, 9.17) is 33.7 Å². The summed E-state index contributed by atoms with van der Waals surface area (Å²) in [7, 11) is 1.64. The van der Waals surface area contributed by atoms with Crippen LogP contribution in [0.15, 0.2) is 30.5 Å². The molecule has 1 aromatic heterocycles. The Morgan fingerprint density at radius 3 is 2.74 bits per heavy atom. The van der Waals surface area contributed by atoms with E-state index < -0.39 is 6.04 Å². The quantitative estimate of drug-likeness (QED) is 0.923. The van der Waals surface area contributed by atoms with Crippen molar-refractivity contribution >= 4 is 23.2 Å². The van der Waals surface area contributed by atoms with Crippen LogP contribution in [0.5, 0.6) is 0 Å². The highest BCUT2D eigenvalue weighted by Gasteiger charge is 2.20. The third-order valence-electron chi connectivity index (χ3n) is 2.88. The van der Waals surface area contributed by atoms with Crippen LogP contribution in [0.3, 0.4) is 0 Å². The van der Waals surface area contributed by atoms with Crippen LogP contribution in [0.25, 0.3) is 0 Å². The van der Waals surface area contributed by atoms with Gasteiger partial charge in [0.25, 0.3) is 0 Å². The molecule has 0 aliphatic rings. The van der Waals surface area contributed by atoms with Crippen molar-refractivity contribution < 1.29 is 4.74 Å². The van der Waals surface area contributed by atoms with Crippen molar-refractivity contribution in [2.24, 2.45) is 5.73 Å². The normalized spacial score (nSPS) is 12.6. The molecule has 0 amide bonds. The lowest BCUT2D eigenvalue weighted by molar-refractivity contribution is 0.182. The van der Waals surface area contributed by atoms with Crippen molar-refractivity contribution in [2.75, 3.05) is 13.7 Å². The first-order chi connectivity index (χ1) is 9.15. The largest absolute Gasteiger partial charge is 0.383 e. The van der Waals surface area contributed by atoms with Crippen LogP contribution >= 0.6 is 23.2 Å². The van der Waals surface area contributed by atoms with Gasteiger partial charge in [-0.3, -0.25) is 4.68 Å². The molecule has 1 heterocycles. The fraction of sp³-hybridized carbons (Fsp3) is 0.308. The summed E-state index contributed by atoms with van der Waals surface area (Å²) >= 11 is 12.3. The van der Waals surface area contributed by atoms with E-state index in [9.17, 15) is 0 Å². The molecule has 0 saturated carbocycles. The number of benzene rings is 1. The fourth-order valence-electron chi connectivity index (χ4n) is 1.91. The lowest BCUT2D eigenvalue weighted by Gasteiger charge is -2.16. The molecule has 0 spiro atoms. The summed E-state index contributed by atoms with van der Waals surface area (Å²) in [4.78, 5) is 0. The van der Waals surface area contributed by atoms with Gasteiger partial charge in [0.2, 0.25) is 0 Å². The van der Waals surface area contributed by atoms with E-state index >= 15 is 0 Å². The van der Waals surface area contributed by atoms with E-state index in [-0.39, 0.29) is 0 Å². The summed E-state index contributed by atoms with van der Waals surface area (Å²) in [5.41, 5.74) is 7.83. The van der Waals surface area contributed by atoms with Gasteiger partial charge in [-0.15, -0.1) is 0 Å². The van der Waals surface area contributed by atoms with Gasteiger partial charge in [0, 0.05) is 12.1 Å². The van der Waals surface area contributed by atoms with Gasteiger partial charge in [-0.1, -0.05) is 41.4 Å². The van der Waals surface area contributed by atoms with Gasteiger partial charge in [0.05, 0.1) is 36.1 Å². The Balaban J connectivity index is 2.35. The lowest BCUT2D eigenvalue weighted by Crippen LogP contribution is -2.19. The second kappa shape index (κ2) is 6.39. The van der Waals surface area contributed by atoms with Crippen LogP contribution in [0, 0.1) is 0 Å². The highest BCUT2D eigenvalue weighted by Crippen LogP contribution is 2.30. The minimum atomic E-state index is -0.416. The van der Waals surface area contributed by atoms with Gasteiger partial charge in [-0.25, -0.2) is 0 Å². The van der Waals surface area contributed by atoms with Gasteiger partial charge in [0.15, 0.2) is 0 Å². The molecule has 1 unspecified atom stereocenters.